The van der Waals surface area contributed by atoms with Crippen LogP contribution in [0.1, 0.15) is 31.0 Å². The van der Waals surface area contributed by atoms with E-state index in [0.717, 1.165) is 11.3 Å². The molecule has 1 aromatic heterocycles. The summed E-state index contributed by atoms with van der Waals surface area (Å²) < 4.78 is 22.7. The van der Waals surface area contributed by atoms with Crippen LogP contribution in [0, 0.1) is 11.8 Å². The van der Waals surface area contributed by atoms with Crippen LogP contribution in [-0.4, -0.2) is 85.1 Å². The highest BCUT2D eigenvalue weighted by atomic mass is 31.2. The van der Waals surface area contributed by atoms with Gasteiger partial charge in [0.25, 0.3) is 0 Å². The molecule has 2 amide bonds. The predicted molar refractivity (Wildman–Crippen MR) is 145 cm³/mol. The van der Waals surface area contributed by atoms with Crippen molar-refractivity contribution in [2.45, 2.75) is 32.6 Å². The van der Waals surface area contributed by atoms with Crippen LogP contribution in [0.5, 0.6) is 0 Å². The van der Waals surface area contributed by atoms with Gasteiger partial charge in [0, 0.05) is 43.2 Å². The Bertz CT molecular complexity index is 1010. The maximum Gasteiger partial charge on any atom is 0.472 e. The van der Waals surface area contributed by atoms with Crippen molar-refractivity contribution in [1.29, 1.82) is 0 Å². The maximum atomic E-state index is 13.1. The molecule has 0 saturated heterocycles. The van der Waals surface area contributed by atoms with Crippen LogP contribution in [-0.2, 0) is 36.0 Å². The second-order valence-electron chi connectivity index (χ2n) is 10.3. The fraction of sp³-hybridized carbons (Fsp3) is 0.577. The van der Waals surface area contributed by atoms with Crippen molar-refractivity contribution in [1.82, 2.24) is 20.6 Å². The topological polar surface area (TPSA) is 143 Å². The van der Waals surface area contributed by atoms with Crippen LogP contribution >= 0.6 is 7.82 Å². The molecule has 3 unspecified atom stereocenters. The van der Waals surface area contributed by atoms with Gasteiger partial charge in [-0.1, -0.05) is 37.3 Å². The van der Waals surface area contributed by atoms with E-state index in [1.807, 2.05) is 58.4 Å². The zero-order chi connectivity index (χ0) is 28.0. The van der Waals surface area contributed by atoms with E-state index >= 15 is 0 Å². The molecule has 2 rings (SSSR count). The predicted octanol–water partition coefficient (Wildman–Crippen LogP) is 2.30. The number of benzene rings is 1. The Morgan fingerprint density at radius 3 is 2.34 bits per heavy atom. The summed E-state index contributed by atoms with van der Waals surface area (Å²) in [5, 5.41) is 5.75. The van der Waals surface area contributed by atoms with Crippen molar-refractivity contribution < 1.29 is 32.6 Å². The molecule has 0 aliphatic carbocycles. The van der Waals surface area contributed by atoms with Gasteiger partial charge >= 0.3 is 7.82 Å². The third-order valence-electron chi connectivity index (χ3n) is 6.05. The van der Waals surface area contributed by atoms with Crippen molar-refractivity contribution in [2.24, 2.45) is 11.8 Å². The largest absolute Gasteiger partial charge is 0.472 e. The van der Waals surface area contributed by atoms with Gasteiger partial charge in [-0.2, -0.15) is 0 Å². The lowest BCUT2D eigenvalue weighted by Gasteiger charge is -2.24. The number of nitrogens with zero attached hydrogens (tertiary/aromatic N) is 2. The lowest BCUT2D eigenvalue weighted by Crippen LogP contribution is -2.38. The summed E-state index contributed by atoms with van der Waals surface area (Å²) in [6.45, 7) is 2.89. The number of nitrogens with one attached hydrogen (secondary N) is 3. The molecular formula is C26H43N5O6P+. The van der Waals surface area contributed by atoms with Crippen LogP contribution in [0.15, 0.2) is 42.9 Å². The molecule has 0 radical (unpaired) electrons. The second kappa shape index (κ2) is 15.8. The summed E-state index contributed by atoms with van der Waals surface area (Å²) in [5.41, 5.74) is 1.93. The number of amides is 2. The van der Waals surface area contributed by atoms with Crippen LogP contribution in [0.4, 0.5) is 0 Å². The average Bonchev–Trinajstić information content (AvgIpc) is 3.37. The summed E-state index contributed by atoms with van der Waals surface area (Å²) in [6, 6.07) is 9.63. The van der Waals surface area contributed by atoms with Crippen LogP contribution < -0.4 is 10.6 Å². The maximum absolute atomic E-state index is 13.1. The van der Waals surface area contributed by atoms with Gasteiger partial charge in [0.2, 0.25) is 11.8 Å². The van der Waals surface area contributed by atoms with Gasteiger partial charge in [0.1, 0.15) is 13.2 Å². The Morgan fingerprint density at radius 2 is 1.71 bits per heavy atom. The number of likely N-dealkylation sites (N-methyl/N-ethyl adjacent to an activating group) is 1. The van der Waals surface area contributed by atoms with Crippen molar-refractivity contribution in [3.63, 3.8) is 0 Å². The fourth-order valence-electron chi connectivity index (χ4n) is 3.82. The van der Waals surface area contributed by atoms with Gasteiger partial charge in [-0.05, 0) is 24.8 Å². The Hall–Kier alpha value is -2.56. The normalized spacial score (nSPS) is 14.9. The molecule has 0 fully saturated rings. The van der Waals surface area contributed by atoms with Crippen LogP contribution in [0.2, 0.25) is 0 Å². The summed E-state index contributed by atoms with van der Waals surface area (Å²) >= 11 is 0. The Labute approximate surface area is 225 Å². The molecule has 0 aliphatic rings. The Morgan fingerprint density at radius 1 is 1.05 bits per heavy atom. The number of H-pyrrole nitrogens is 1. The lowest BCUT2D eigenvalue weighted by molar-refractivity contribution is -0.870. The number of carbonyl (C=O) groups excluding carboxylic acids is 2. The van der Waals surface area contributed by atoms with Gasteiger partial charge < -0.3 is 25.0 Å². The van der Waals surface area contributed by atoms with Crippen LogP contribution in [0.3, 0.4) is 0 Å². The minimum atomic E-state index is -4.21. The van der Waals surface area contributed by atoms with E-state index in [0.29, 0.717) is 43.3 Å². The Balaban J connectivity index is 1.89. The van der Waals surface area contributed by atoms with E-state index in [2.05, 4.69) is 20.6 Å². The first-order chi connectivity index (χ1) is 18.0. The van der Waals surface area contributed by atoms with Gasteiger partial charge in [0.15, 0.2) is 0 Å². The number of rotatable bonds is 18. The number of phosphoric ester groups is 1. The molecule has 1 aromatic carbocycles. The Kier molecular flexibility index (Phi) is 13.1. The molecule has 11 nitrogen and oxygen atoms in total. The quantitative estimate of drug-likeness (QED) is 0.126. The van der Waals surface area contributed by atoms with E-state index in [-0.39, 0.29) is 37.5 Å². The van der Waals surface area contributed by atoms with E-state index in [9.17, 15) is 19.0 Å². The number of carbonyl (C=O) groups is 2. The highest BCUT2D eigenvalue weighted by Crippen LogP contribution is 2.42. The zero-order valence-electron chi connectivity index (χ0n) is 22.9. The number of hydrogen-bond acceptors (Lipinski definition) is 6. The van der Waals surface area contributed by atoms with E-state index in [1.54, 1.807) is 12.5 Å². The molecule has 0 spiro atoms. The average molecular weight is 553 g/mol. The molecule has 12 heteroatoms. The molecular weight excluding hydrogens is 509 g/mol. The highest BCUT2D eigenvalue weighted by Gasteiger charge is 2.27. The highest BCUT2D eigenvalue weighted by molar-refractivity contribution is 7.47. The van der Waals surface area contributed by atoms with E-state index in [1.165, 1.54) is 0 Å². The molecule has 38 heavy (non-hydrogen) atoms. The van der Waals surface area contributed by atoms with Gasteiger partial charge in [-0.15, -0.1) is 0 Å². The van der Waals surface area contributed by atoms with Gasteiger partial charge in [0.05, 0.1) is 34.1 Å². The molecule has 3 atom stereocenters. The van der Waals surface area contributed by atoms with E-state index < -0.39 is 13.7 Å². The van der Waals surface area contributed by atoms with Crippen molar-refractivity contribution in [3.8, 4) is 0 Å². The second-order valence-corrected chi connectivity index (χ2v) is 11.7. The standard InChI is InChI=1S/C26H42N5O6P/c1-5-22(25(32)28-12-11-24-19-27-20-30-24)18-23(17-21-9-7-6-8-10-21)26(33)29-13-15-36-38(34,35)37-16-14-31(2,3)4/h6-10,19-20,22-23H,5,11-18H2,1-4H3,(H3-,27,28,29,30,32,33,34,35)/p+1. The summed E-state index contributed by atoms with van der Waals surface area (Å²) in [5.74, 6) is -1.12. The molecule has 1 heterocycles. The summed E-state index contributed by atoms with van der Waals surface area (Å²) in [6.07, 6.45) is 5.40. The molecule has 0 aliphatic heterocycles. The third-order valence-corrected chi connectivity index (χ3v) is 7.07. The number of hydrogen-bond donors (Lipinski definition) is 4. The third kappa shape index (κ3) is 12.8. The van der Waals surface area contributed by atoms with Crippen molar-refractivity contribution in [2.75, 3.05) is 54.0 Å². The number of aromatic amines is 1. The lowest BCUT2D eigenvalue weighted by atomic mass is 9.87. The van der Waals surface area contributed by atoms with Gasteiger partial charge in [-0.3, -0.25) is 18.6 Å². The van der Waals surface area contributed by atoms with Crippen molar-refractivity contribution >= 4 is 19.6 Å². The fourth-order valence-corrected chi connectivity index (χ4v) is 4.53. The first kappa shape index (κ1) is 31.7. The minimum absolute atomic E-state index is 0.0422. The molecule has 4 N–H and O–H groups in total. The molecule has 212 valence electrons. The monoisotopic (exact) mass is 552 g/mol. The van der Waals surface area contributed by atoms with E-state index in [4.69, 9.17) is 9.05 Å². The minimum Gasteiger partial charge on any atom is -0.355 e. The van der Waals surface area contributed by atoms with Crippen molar-refractivity contribution in [3.05, 3.63) is 54.1 Å². The number of imidazole rings is 1. The SMILES string of the molecule is CCC(CC(Cc1ccccc1)C(=O)NCCOP(=O)(O)OCC[N+](C)(C)C)C(=O)NCCc1cnc[nH]1. The first-order valence-electron chi connectivity index (χ1n) is 13.0. The summed E-state index contributed by atoms with van der Waals surface area (Å²) in [4.78, 5) is 42.8. The molecule has 2 aromatic rings. The first-order valence-corrected chi connectivity index (χ1v) is 14.5. The van der Waals surface area contributed by atoms with Crippen LogP contribution in [0.25, 0.3) is 0 Å². The smallest absolute Gasteiger partial charge is 0.355 e. The number of aromatic nitrogens is 2. The number of phosphoric acid groups is 1. The molecule has 0 bridgehead atoms. The molecule has 0 saturated carbocycles. The number of quaternary nitrogens is 1. The summed E-state index contributed by atoms with van der Waals surface area (Å²) in [7, 11) is 1.63. The van der Waals surface area contributed by atoms with Gasteiger partial charge in [-0.25, -0.2) is 9.55 Å². The zero-order valence-corrected chi connectivity index (χ0v) is 23.8.